The fourth-order valence-corrected chi connectivity index (χ4v) is 3.03. The van der Waals surface area contributed by atoms with Crippen molar-refractivity contribution in [2.24, 2.45) is 0 Å². The van der Waals surface area contributed by atoms with Gasteiger partial charge in [0, 0.05) is 17.2 Å². The molecule has 0 saturated heterocycles. The van der Waals surface area contributed by atoms with E-state index in [0.29, 0.717) is 5.89 Å². The van der Waals surface area contributed by atoms with Crippen LogP contribution in [-0.4, -0.2) is 4.98 Å². The second-order valence-corrected chi connectivity index (χ2v) is 6.65. The van der Waals surface area contributed by atoms with Gasteiger partial charge in [-0.15, -0.1) is 0 Å². The Kier molecular flexibility index (Phi) is 5.87. The number of aryl methyl sites for hydroxylation is 2. The van der Waals surface area contributed by atoms with E-state index in [1.54, 1.807) is 6.20 Å². The molecule has 0 unspecified atom stereocenters. The van der Waals surface area contributed by atoms with Gasteiger partial charge >= 0.3 is 0 Å². The Balaban J connectivity index is 0.00000210. The van der Waals surface area contributed by atoms with Crippen molar-refractivity contribution in [2.75, 3.05) is 0 Å². The van der Waals surface area contributed by atoms with Crippen LogP contribution >= 0.6 is 0 Å². The van der Waals surface area contributed by atoms with E-state index in [-0.39, 0.29) is 17.0 Å². The third-order valence-electron chi connectivity index (χ3n) is 4.39. The number of oxazole rings is 1. The molecule has 136 valence electrons. The van der Waals surface area contributed by atoms with Gasteiger partial charge in [-0.25, -0.2) is 4.98 Å². The fraction of sp³-hybridized carbons (Fsp3) is 0.130. The molecule has 0 aliphatic carbocycles. The van der Waals surface area contributed by atoms with Gasteiger partial charge in [0.05, 0.1) is 6.20 Å². The quantitative estimate of drug-likeness (QED) is 0.472. The summed E-state index contributed by atoms with van der Waals surface area (Å²) in [7, 11) is 0. The molecule has 4 aromatic rings. The van der Waals surface area contributed by atoms with E-state index in [0.717, 1.165) is 23.4 Å². The minimum absolute atomic E-state index is 0. The van der Waals surface area contributed by atoms with Crippen LogP contribution in [0.25, 0.3) is 22.8 Å². The molecule has 0 atom stereocenters. The predicted octanol–water partition coefficient (Wildman–Crippen LogP) is 1.97. The minimum Gasteiger partial charge on any atom is -1.00 e. The standard InChI is InChI=1S/C23H21N2O.BrH/c1-17-8-10-20(11-9-17)22-14-24-23(26-22)21-7-4-12-25(16-21)15-19-6-3-5-18(2)13-19;/h3-14,16H,15H2,1-2H3;1H/q+1;/p-1. The van der Waals surface area contributed by atoms with Gasteiger partial charge in [0.25, 0.3) is 0 Å². The van der Waals surface area contributed by atoms with Crippen LogP contribution in [0.15, 0.2) is 83.7 Å². The van der Waals surface area contributed by atoms with Crippen molar-refractivity contribution in [2.45, 2.75) is 20.4 Å². The number of rotatable bonds is 4. The first-order valence-corrected chi connectivity index (χ1v) is 8.75. The highest BCUT2D eigenvalue weighted by Gasteiger charge is 2.12. The number of hydrogen-bond donors (Lipinski definition) is 0. The zero-order valence-electron chi connectivity index (χ0n) is 15.4. The number of pyridine rings is 1. The van der Waals surface area contributed by atoms with Crippen LogP contribution in [-0.2, 0) is 6.54 Å². The van der Waals surface area contributed by atoms with Crippen LogP contribution in [0.3, 0.4) is 0 Å². The molecule has 0 aliphatic rings. The highest BCUT2D eigenvalue weighted by atomic mass is 79.9. The molecule has 0 amide bonds. The second-order valence-electron chi connectivity index (χ2n) is 6.65. The lowest BCUT2D eigenvalue weighted by molar-refractivity contribution is -0.687. The summed E-state index contributed by atoms with van der Waals surface area (Å²) in [5, 5.41) is 0. The predicted molar refractivity (Wildman–Crippen MR) is 103 cm³/mol. The average Bonchev–Trinajstić information content (AvgIpc) is 3.13. The molecular weight excluding hydrogens is 400 g/mol. The number of nitrogens with zero attached hydrogens (tertiary/aromatic N) is 2. The van der Waals surface area contributed by atoms with Gasteiger partial charge in [0.15, 0.2) is 24.7 Å². The molecule has 27 heavy (non-hydrogen) atoms. The summed E-state index contributed by atoms with van der Waals surface area (Å²) in [5.74, 6) is 1.42. The Morgan fingerprint density at radius 1 is 0.889 bits per heavy atom. The molecule has 0 bridgehead atoms. The maximum atomic E-state index is 6.00. The van der Waals surface area contributed by atoms with E-state index in [9.17, 15) is 0 Å². The summed E-state index contributed by atoms with van der Waals surface area (Å²) in [6.07, 6.45) is 5.93. The van der Waals surface area contributed by atoms with Crippen LogP contribution in [0, 0.1) is 13.8 Å². The highest BCUT2D eigenvalue weighted by Crippen LogP contribution is 2.25. The molecule has 0 saturated carbocycles. The Hall–Kier alpha value is -2.72. The van der Waals surface area contributed by atoms with Gasteiger partial charge in [-0.1, -0.05) is 53.6 Å². The van der Waals surface area contributed by atoms with E-state index < -0.39 is 0 Å². The SMILES string of the molecule is Cc1ccc(-c2cnc(-c3ccc[n+](Cc4cccc(C)c4)c3)o2)cc1.[Br-]. The normalized spacial score (nSPS) is 10.4. The van der Waals surface area contributed by atoms with Gasteiger partial charge in [0.2, 0.25) is 5.89 Å². The van der Waals surface area contributed by atoms with E-state index in [1.807, 2.05) is 12.1 Å². The number of hydrogen-bond acceptors (Lipinski definition) is 2. The molecule has 4 rings (SSSR count). The van der Waals surface area contributed by atoms with Crippen molar-refractivity contribution in [1.82, 2.24) is 4.98 Å². The van der Waals surface area contributed by atoms with E-state index >= 15 is 0 Å². The molecule has 0 spiro atoms. The Morgan fingerprint density at radius 3 is 2.48 bits per heavy atom. The third kappa shape index (κ3) is 4.52. The van der Waals surface area contributed by atoms with Crippen molar-refractivity contribution in [3.63, 3.8) is 0 Å². The van der Waals surface area contributed by atoms with Crippen LogP contribution in [0.1, 0.15) is 16.7 Å². The number of aromatic nitrogens is 2. The molecule has 2 aromatic carbocycles. The van der Waals surface area contributed by atoms with Crippen LogP contribution < -0.4 is 21.5 Å². The van der Waals surface area contributed by atoms with E-state index in [4.69, 9.17) is 4.42 Å². The van der Waals surface area contributed by atoms with E-state index in [1.165, 1.54) is 16.7 Å². The first kappa shape index (κ1) is 19.1. The van der Waals surface area contributed by atoms with Crippen molar-refractivity contribution >= 4 is 0 Å². The minimum atomic E-state index is 0. The van der Waals surface area contributed by atoms with Gasteiger partial charge < -0.3 is 21.4 Å². The van der Waals surface area contributed by atoms with Crippen LogP contribution in [0.5, 0.6) is 0 Å². The van der Waals surface area contributed by atoms with Gasteiger partial charge in [0.1, 0.15) is 5.56 Å². The molecule has 0 fully saturated rings. The molecule has 2 aromatic heterocycles. The molecule has 4 heteroatoms. The molecule has 2 heterocycles. The molecule has 0 radical (unpaired) electrons. The zero-order valence-corrected chi connectivity index (χ0v) is 17.0. The zero-order chi connectivity index (χ0) is 17.9. The monoisotopic (exact) mass is 420 g/mol. The maximum Gasteiger partial charge on any atom is 0.232 e. The second kappa shape index (κ2) is 8.31. The van der Waals surface area contributed by atoms with Crippen molar-refractivity contribution in [3.8, 4) is 22.8 Å². The lowest BCUT2D eigenvalue weighted by atomic mass is 10.1. The van der Waals surface area contributed by atoms with Crippen LogP contribution in [0.2, 0.25) is 0 Å². The van der Waals surface area contributed by atoms with Crippen LogP contribution in [0.4, 0.5) is 0 Å². The Labute approximate surface area is 170 Å². The maximum absolute atomic E-state index is 6.00. The topological polar surface area (TPSA) is 29.9 Å². The summed E-state index contributed by atoms with van der Waals surface area (Å²) in [6, 6.07) is 20.9. The Morgan fingerprint density at radius 2 is 1.70 bits per heavy atom. The first-order chi connectivity index (χ1) is 12.7. The molecule has 0 N–H and O–H groups in total. The average molecular weight is 421 g/mol. The molecular formula is C23H21BrN2O. The van der Waals surface area contributed by atoms with Gasteiger partial charge in [-0.05, 0) is 26.0 Å². The van der Waals surface area contributed by atoms with Gasteiger partial charge in [-0.3, -0.25) is 0 Å². The lowest BCUT2D eigenvalue weighted by Crippen LogP contribution is -3.00. The fourth-order valence-electron chi connectivity index (χ4n) is 3.03. The first-order valence-electron chi connectivity index (χ1n) is 8.75. The van der Waals surface area contributed by atoms with Crippen molar-refractivity contribution in [1.29, 1.82) is 0 Å². The van der Waals surface area contributed by atoms with Crippen molar-refractivity contribution in [3.05, 3.63) is 95.9 Å². The number of benzene rings is 2. The molecule has 3 nitrogen and oxygen atoms in total. The van der Waals surface area contributed by atoms with Gasteiger partial charge in [-0.2, -0.15) is 4.57 Å². The lowest BCUT2D eigenvalue weighted by Gasteiger charge is -2.01. The molecule has 0 aliphatic heterocycles. The summed E-state index contributed by atoms with van der Waals surface area (Å²) >= 11 is 0. The Bertz CT molecular complexity index is 1040. The number of halogens is 1. The summed E-state index contributed by atoms with van der Waals surface area (Å²) < 4.78 is 8.15. The largest absolute Gasteiger partial charge is 1.00 e. The third-order valence-corrected chi connectivity index (χ3v) is 4.39. The van der Waals surface area contributed by atoms with Crippen molar-refractivity contribution < 1.29 is 26.0 Å². The summed E-state index contributed by atoms with van der Waals surface area (Å²) in [6.45, 7) is 5.01. The summed E-state index contributed by atoms with van der Waals surface area (Å²) in [4.78, 5) is 4.47. The highest BCUT2D eigenvalue weighted by molar-refractivity contribution is 5.60. The van der Waals surface area contributed by atoms with E-state index in [2.05, 4.69) is 84.3 Å². The summed E-state index contributed by atoms with van der Waals surface area (Å²) in [5.41, 5.74) is 5.79. The smallest absolute Gasteiger partial charge is 0.232 e.